The number of aromatic nitrogens is 2. The number of benzene rings is 1. The molecule has 0 aliphatic heterocycles. The van der Waals surface area contributed by atoms with Gasteiger partial charge in [0.1, 0.15) is 0 Å². The number of ketones is 1. The van der Waals surface area contributed by atoms with Gasteiger partial charge >= 0.3 is 0 Å². The maximum atomic E-state index is 11.3. The highest BCUT2D eigenvalue weighted by Gasteiger charge is 2.10. The lowest BCUT2D eigenvalue weighted by atomic mass is 10.1. The van der Waals surface area contributed by atoms with E-state index in [1.54, 1.807) is 6.92 Å². The van der Waals surface area contributed by atoms with Gasteiger partial charge in [0.2, 0.25) is 0 Å². The fourth-order valence-electron chi connectivity index (χ4n) is 1.73. The second-order valence-corrected chi connectivity index (χ2v) is 4.80. The minimum absolute atomic E-state index is 0.0625. The molecule has 88 valence electrons. The quantitative estimate of drug-likeness (QED) is 0.795. The summed E-state index contributed by atoms with van der Waals surface area (Å²) in [6, 6.07) is 7.48. The lowest BCUT2D eigenvalue weighted by Gasteiger charge is -2.05. The van der Waals surface area contributed by atoms with Crippen molar-refractivity contribution in [2.24, 2.45) is 0 Å². The first-order valence-electron chi connectivity index (χ1n) is 5.34. The number of rotatable bonds is 2. The molecule has 17 heavy (non-hydrogen) atoms. The molecule has 0 bridgehead atoms. The molecule has 0 amide bonds. The molecule has 2 aromatic rings. The molecule has 0 spiro atoms. The van der Waals surface area contributed by atoms with E-state index in [-0.39, 0.29) is 5.78 Å². The van der Waals surface area contributed by atoms with Crippen LogP contribution in [0, 0.1) is 13.8 Å². The molecule has 4 heteroatoms. The van der Waals surface area contributed by atoms with Crippen LogP contribution in [0.3, 0.4) is 0 Å². The lowest BCUT2D eigenvalue weighted by molar-refractivity contribution is 0.101. The highest BCUT2D eigenvalue weighted by Crippen LogP contribution is 2.23. The van der Waals surface area contributed by atoms with Crippen LogP contribution in [0.5, 0.6) is 0 Å². The van der Waals surface area contributed by atoms with Crippen molar-refractivity contribution in [3.63, 3.8) is 0 Å². The molecule has 0 radical (unpaired) electrons. The molecule has 1 aromatic carbocycles. The van der Waals surface area contributed by atoms with Crippen LogP contribution >= 0.6 is 15.9 Å². The third-order valence-corrected chi connectivity index (χ3v) is 3.85. The van der Waals surface area contributed by atoms with Gasteiger partial charge in [0, 0.05) is 5.56 Å². The predicted molar refractivity (Wildman–Crippen MR) is 70.7 cm³/mol. The van der Waals surface area contributed by atoms with Crippen molar-refractivity contribution < 1.29 is 4.79 Å². The van der Waals surface area contributed by atoms with Crippen LogP contribution in [0.1, 0.15) is 28.7 Å². The van der Waals surface area contributed by atoms with E-state index >= 15 is 0 Å². The van der Waals surface area contributed by atoms with Crippen LogP contribution in [-0.4, -0.2) is 15.6 Å². The topological polar surface area (TPSA) is 34.9 Å². The Bertz CT molecular complexity index is 587. The zero-order valence-corrected chi connectivity index (χ0v) is 11.6. The van der Waals surface area contributed by atoms with Crippen LogP contribution in [0.15, 0.2) is 28.7 Å². The summed E-state index contributed by atoms with van der Waals surface area (Å²) >= 11 is 3.49. The number of nitrogens with zero attached hydrogens (tertiary/aromatic N) is 2. The van der Waals surface area contributed by atoms with E-state index in [0.717, 1.165) is 21.5 Å². The molecule has 3 nitrogen and oxygen atoms in total. The van der Waals surface area contributed by atoms with Crippen molar-refractivity contribution >= 4 is 21.7 Å². The van der Waals surface area contributed by atoms with Gasteiger partial charge in [-0.15, -0.1) is 0 Å². The smallest absolute Gasteiger partial charge is 0.159 e. The first-order valence-corrected chi connectivity index (χ1v) is 6.13. The van der Waals surface area contributed by atoms with Crippen molar-refractivity contribution in [3.05, 3.63) is 45.7 Å². The molecule has 2 rings (SSSR count). The zero-order chi connectivity index (χ0) is 12.6. The zero-order valence-electron chi connectivity index (χ0n) is 9.99. The molecule has 0 aliphatic carbocycles. The summed E-state index contributed by atoms with van der Waals surface area (Å²) in [5, 5.41) is 4.44. The van der Waals surface area contributed by atoms with Crippen molar-refractivity contribution in [2.75, 3.05) is 0 Å². The van der Waals surface area contributed by atoms with Crippen molar-refractivity contribution in [2.45, 2.75) is 20.8 Å². The first kappa shape index (κ1) is 12.0. The maximum absolute atomic E-state index is 11.3. The van der Waals surface area contributed by atoms with E-state index in [2.05, 4.69) is 21.0 Å². The van der Waals surface area contributed by atoms with Crippen LogP contribution < -0.4 is 0 Å². The van der Waals surface area contributed by atoms with Gasteiger partial charge in [0.05, 0.1) is 21.5 Å². The van der Waals surface area contributed by atoms with E-state index in [4.69, 9.17) is 0 Å². The SMILES string of the molecule is CC(=O)c1cccc(-n2nc(C)c(Br)c2C)c1. The summed E-state index contributed by atoms with van der Waals surface area (Å²) in [6.45, 7) is 5.50. The van der Waals surface area contributed by atoms with E-state index < -0.39 is 0 Å². The van der Waals surface area contributed by atoms with Gasteiger partial charge in [0.15, 0.2) is 5.78 Å². The normalized spacial score (nSPS) is 10.6. The van der Waals surface area contributed by atoms with Crippen LogP contribution in [0.4, 0.5) is 0 Å². The summed E-state index contributed by atoms with van der Waals surface area (Å²) in [5.41, 5.74) is 3.58. The van der Waals surface area contributed by atoms with Gasteiger partial charge in [0.25, 0.3) is 0 Å². The molecule has 0 saturated carbocycles. The van der Waals surface area contributed by atoms with Crippen LogP contribution in [-0.2, 0) is 0 Å². The minimum atomic E-state index is 0.0625. The Kier molecular flexibility index (Phi) is 3.15. The van der Waals surface area contributed by atoms with Gasteiger partial charge < -0.3 is 0 Å². The molecule has 0 fully saturated rings. The van der Waals surface area contributed by atoms with E-state index in [9.17, 15) is 4.79 Å². The number of aryl methyl sites for hydroxylation is 1. The highest BCUT2D eigenvalue weighted by molar-refractivity contribution is 9.10. The summed E-state index contributed by atoms with van der Waals surface area (Å²) < 4.78 is 2.84. The summed E-state index contributed by atoms with van der Waals surface area (Å²) in [7, 11) is 0. The summed E-state index contributed by atoms with van der Waals surface area (Å²) in [5.74, 6) is 0.0625. The van der Waals surface area contributed by atoms with Crippen LogP contribution in [0.25, 0.3) is 5.69 Å². The van der Waals surface area contributed by atoms with Crippen molar-refractivity contribution in [3.8, 4) is 5.69 Å². The Balaban J connectivity index is 2.56. The Morgan fingerprint density at radius 2 is 2.06 bits per heavy atom. The highest BCUT2D eigenvalue weighted by atomic mass is 79.9. The van der Waals surface area contributed by atoms with Gasteiger partial charge in [-0.25, -0.2) is 4.68 Å². The second kappa shape index (κ2) is 4.45. The molecule has 0 atom stereocenters. The Hall–Kier alpha value is -1.42. The number of hydrogen-bond donors (Lipinski definition) is 0. The minimum Gasteiger partial charge on any atom is -0.295 e. The summed E-state index contributed by atoms with van der Waals surface area (Å²) in [4.78, 5) is 11.3. The van der Waals surface area contributed by atoms with Crippen molar-refractivity contribution in [1.82, 2.24) is 9.78 Å². The van der Waals surface area contributed by atoms with E-state index in [1.807, 2.05) is 42.8 Å². The monoisotopic (exact) mass is 292 g/mol. The Morgan fingerprint density at radius 1 is 1.35 bits per heavy atom. The number of hydrogen-bond acceptors (Lipinski definition) is 2. The maximum Gasteiger partial charge on any atom is 0.159 e. The average Bonchev–Trinajstić information content (AvgIpc) is 2.57. The number of carbonyl (C=O) groups is 1. The van der Waals surface area contributed by atoms with Gasteiger partial charge in [-0.3, -0.25) is 4.79 Å². The molecular weight excluding hydrogens is 280 g/mol. The van der Waals surface area contributed by atoms with Gasteiger partial charge in [-0.1, -0.05) is 12.1 Å². The van der Waals surface area contributed by atoms with Crippen LogP contribution in [0.2, 0.25) is 0 Å². The molecule has 0 unspecified atom stereocenters. The molecule has 1 aromatic heterocycles. The number of carbonyl (C=O) groups excluding carboxylic acids is 1. The van der Waals surface area contributed by atoms with Gasteiger partial charge in [-0.05, 0) is 48.8 Å². The molecule has 1 heterocycles. The molecule has 0 N–H and O–H groups in total. The Morgan fingerprint density at radius 3 is 2.59 bits per heavy atom. The van der Waals surface area contributed by atoms with Crippen molar-refractivity contribution in [1.29, 1.82) is 0 Å². The number of Topliss-reactive ketones (excluding diaryl/α,β-unsaturated/α-hetero) is 1. The fourth-order valence-corrected chi connectivity index (χ4v) is 1.98. The fraction of sp³-hybridized carbons (Fsp3) is 0.231. The van der Waals surface area contributed by atoms with Gasteiger partial charge in [-0.2, -0.15) is 5.10 Å². The Labute approximate surface area is 109 Å². The number of halogens is 1. The van der Waals surface area contributed by atoms with E-state index in [1.165, 1.54) is 0 Å². The third kappa shape index (κ3) is 2.17. The molecular formula is C13H13BrN2O. The first-order chi connectivity index (χ1) is 8.00. The van der Waals surface area contributed by atoms with E-state index in [0.29, 0.717) is 5.56 Å². The average molecular weight is 293 g/mol. The largest absolute Gasteiger partial charge is 0.295 e. The third-order valence-electron chi connectivity index (χ3n) is 2.70. The summed E-state index contributed by atoms with van der Waals surface area (Å²) in [6.07, 6.45) is 0. The molecule has 0 aliphatic rings. The lowest BCUT2D eigenvalue weighted by Crippen LogP contribution is -2.01. The second-order valence-electron chi connectivity index (χ2n) is 4.00. The standard InChI is InChI=1S/C13H13BrN2O/c1-8-13(14)9(2)16(15-8)12-6-4-5-11(7-12)10(3)17/h4-7H,1-3H3. The molecule has 0 saturated heterocycles. The predicted octanol–water partition coefficient (Wildman–Crippen LogP) is 3.45.